The third-order valence-electron chi connectivity index (χ3n) is 10.6. The van der Waals surface area contributed by atoms with E-state index in [1.165, 1.54) is 42.7 Å². The van der Waals surface area contributed by atoms with Crippen molar-refractivity contribution < 1.29 is 0 Å². The van der Waals surface area contributed by atoms with Gasteiger partial charge in [-0.25, -0.2) is 0 Å². The minimum absolute atomic E-state index is 0.992. The van der Waals surface area contributed by atoms with Gasteiger partial charge in [0.25, 0.3) is 0 Å². The van der Waals surface area contributed by atoms with Crippen molar-refractivity contribution in [2.75, 3.05) is 5.90 Å². The Morgan fingerprint density at radius 2 is 0.709 bits per heavy atom. The van der Waals surface area contributed by atoms with Gasteiger partial charge in [-0.05, 0) is 52.6 Å². The van der Waals surface area contributed by atoms with E-state index in [0.717, 1.165) is 5.90 Å². The van der Waals surface area contributed by atoms with Gasteiger partial charge in [0.05, 0.1) is 13.0 Å². The first-order chi connectivity index (χ1) is 27.3. The van der Waals surface area contributed by atoms with Crippen LogP contribution in [0.1, 0.15) is 5.56 Å². The Balaban J connectivity index is 1.57. The van der Waals surface area contributed by atoms with Gasteiger partial charge in [0.2, 0.25) is 7.10 Å². The van der Waals surface area contributed by atoms with Crippen molar-refractivity contribution in [1.82, 2.24) is 0 Å². The Morgan fingerprint density at radius 1 is 0.400 bits per heavy atom. The molecule has 0 N–H and O–H groups in total. The molecule has 1 aliphatic heterocycles. The summed E-state index contributed by atoms with van der Waals surface area (Å²) < 4.78 is 6.70. The van der Waals surface area contributed by atoms with Crippen LogP contribution in [0.15, 0.2) is 247 Å². The number of hydrogen-bond acceptors (Lipinski definition) is 1. The molecular formula is C50H42NP4+. The zero-order valence-corrected chi connectivity index (χ0v) is 34.1. The molecule has 55 heavy (non-hydrogen) atoms. The van der Waals surface area contributed by atoms with Gasteiger partial charge in [-0.1, -0.05) is 218 Å². The maximum Gasteiger partial charge on any atom is 0.218 e. The lowest BCUT2D eigenvalue weighted by Crippen LogP contribution is -2.31. The van der Waals surface area contributed by atoms with E-state index in [-0.39, 0.29) is 0 Å². The molecular weight excluding hydrogens is 738 g/mol. The SMILES string of the molecule is c1ccc(C(P2CP(c3ccccc3)(c3ccccc3)=N[P+]2(c2ccccc2)c2ccccc2)=P(c2ccccc2)(c2ccccc2)c2ccccc2)cc1. The summed E-state index contributed by atoms with van der Waals surface area (Å²) in [6.07, 6.45) is 0. The van der Waals surface area contributed by atoms with Crippen LogP contribution in [0.3, 0.4) is 0 Å². The summed E-state index contributed by atoms with van der Waals surface area (Å²) in [6.45, 7) is -2.56. The minimum Gasteiger partial charge on any atom is -0.127 e. The molecule has 0 saturated heterocycles. The largest absolute Gasteiger partial charge is 0.218 e. The zero-order chi connectivity index (χ0) is 37.0. The van der Waals surface area contributed by atoms with Crippen molar-refractivity contribution in [3.63, 3.8) is 0 Å². The molecule has 266 valence electrons. The molecule has 1 unspecified atom stereocenters. The number of hydrogen-bond donors (Lipinski definition) is 0. The van der Waals surface area contributed by atoms with Gasteiger partial charge in [0.1, 0.15) is 18.2 Å². The lowest BCUT2D eigenvalue weighted by molar-refractivity contribution is 1.68. The van der Waals surface area contributed by atoms with Crippen molar-refractivity contribution in [3.05, 3.63) is 248 Å². The first-order valence-electron chi connectivity index (χ1n) is 18.8. The summed E-state index contributed by atoms with van der Waals surface area (Å²) >= 11 is 0. The first kappa shape index (κ1) is 35.8. The molecule has 0 radical (unpaired) electrons. The van der Waals surface area contributed by atoms with Gasteiger partial charge in [0.15, 0.2) is 0 Å². The third-order valence-corrected chi connectivity index (χ3v) is 33.5. The molecule has 0 saturated carbocycles. The van der Waals surface area contributed by atoms with Crippen LogP contribution in [-0.4, -0.2) is 10.9 Å². The lowest BCUT2D eigenvalue weighted by atomic mass is 10.2. The summed E-state index contributed by atoms with van der Waals surface area (Å²) in [5.74, 6) is 0.992. The van der Waals surface area contributed by atoms with E-state index in [2.05, 4.69) is 243 Å². The topological polar surface area (TPSA) is 12.4 Å². The average molecular weight is 781 g/mol. The second kappa shape index (κ2) is 15.7. The molecule has 8 aromatic carbocycles. The predicted octanol–water partition coefficient (Wildman–Crippen LogP) is 11.0. The summed E-state index contributed by atoms with van der Waals surface area (Å²) in [4.78, 5) is 0. The van der Waals surface area contributed by atoms with Crippen LogP contribution in [0, 0.1) is 0 Å². The number of nitrogens with zero attached hydrogens (tertiary/aromatic N) is 1. The Hall–Kier alpha value is -4.85. The summed E-state index contributed by atoms with van der Waals surface area (Å²) in [6, 6.07) is 91.3. The Bertz CT molecular complexity index is 2410. The van der Waals surface area contributed by atoms with Crippen LogP contribution in [0.2, 0.25) is 0 Å². The molecule has 0 fully saturated rings. The van der Waals surface area contributed by atoms with Gasteiger partial charge in [0, 0.05) is 15.6 Å². The molecule has 0 aromatic heterocycles. The smallest absolute Gasteiger partial charge is 0.127 e. The molecule has 0 aliphatic carbocycles. The Labute approximate surface area is 327 Å². The van der Waals surface area contributed by atoms with Gasteiger partial charge in [-0.15, -0.1) is 4.52 Å². The fourth-order valence-corrected chi connectivity index (χ4v) is 39.7. The van der Waals surface area contributed by atoms with E-state index in [1.54, 1.807) is 5.03 Å². The summed E-state index contributed by atoms with van der Waals surface area (Å²) in [5.41, 5.74) is 1.33. The molecule has 5 heteroatoms. The average Bonchev–Trinajstić information content (AvgIpc) is 3.66. The molecule has 0 spiro atoms. The van der Waals surface area contributed by atoms with E-state index in [4.69, 9.17) is 4.52 Å². The van der Waals surface area contributed by atoms with Crippen LogP contribution in [0.4, 0.5) is 0 Å². The number of benzene rings is 8. The second-order valence-corrected chi connectivity index (χ2v) is 28.5. The molecule has 1 aliphatic rings. The van der Waals surface area contributed by atoms with E-state index < -0.39 is 28.7 Å². The maximum atomic E-state index is 6.70. The number of rotatable bonds is 9. The summed E-state index contributed by atoms with van der Waals surface area (Å²) in [7, 11) is -5.96. The second-order valence-electron chi connectivity index (χ2n) is 13.7. The van der Waals surface area contributed by atoms with Crippen molar-refractivity contribution in [3.8, 4) is 0 Å². The minimum atomic E-state index is -2.56. The van der Waals surface area contributed by atoms with Crippen molar-refractivity contribution in [2.24, 2.45) is 4.52 Å². The highest BCUT2D eigenvalue weighted by atomic mass is 32.1. The van der Waals surface area contributed by atoms with Gasteiger partial charge >= 0.3 is 0 Å². The molecule has 1 heterocycles. The fourth-order valence-electron chi connectivity index (χ4n) is 8.23. The molecule has 1 atom stereocenters. The Kier molecular flexibility index (Phi) is 10.2. The molecule has 8 aromatic rings. The third kappa shape index (κ3) is 6.26. The van der Waals surface area contributed by atoms with Crippen LogP contribution in [-0.2, 0) is 0 Å². The molecule has 0 amide bonds. The zero-order valence-electron chi connectivity index (χ0n) is 30.5. The monoisotopic (exact) mass is 780 g/mol. The predicted molar refractivity (Wildman–Crippen MR) is 248 cm³/mol. The van der Waals surface area contributed by atoms with Gasteiger partial charge < -0.3 is 0 Å². The van der Waals surface area contributed by atoms with Crippen molar-refractivity contribution >= 4 is 70.8 Å². The normalized spacial score (nSPS) is 15.8. The van der Waals surface area contributed by atoms with Crippen molar-refractivity contribution in [1.29, 1.82) is 0 Å². The molecule has 0 bridgehead atoms. The highest BCUT2D eigenvalue weighted by molar-refractivity contribution is 8.55. The van der Waals surface area contributed by atoms with Crippen LogP contribution in [0.5, 0.6) is 0 Å². The van der Waals surface area contributed by atoms with Gasteiger partial charge in [-0.3, -0.25) is 0 Å². The van der Waals surface area contributed by atoms with E-state index in [1.807, 2.05) is 0 Å². The van der Waals surface area contributed by atoms with Crippen LogP contribution >= 0.6 is 28.7 Å². The Morgan fingerprint density at radius 3 is 1.07 bits per heavy atom. The van der Waals surface area contributed by atoms with Crippen molar-refractivity contribution in [2.45, 2.75) is 0 Å². The highest BCUT2D eigenvalue weighted by Gasteiger charge is 2.63. The van der Waals surface area contributed by atoms with Gasteiger partial charge in [-0.2, -0.15) is 0 Å². The molecule has 1 nitrogen and oxygen atoms in total. The van der Waals surface area contributed by atoms with E-state index in [9.17, 15) is 0 Å². The first-order valence-corrected chi connectivity index (χ1v) is 26.5. The maximum absolute atomic E-state index is 6.70. The summed E-state index contributed by atoms with van der Waals surface area (Å²) in [5, 5.41) is 11.2. The van der Waals surface area contributed by atoms with Crippen LogP contribution in [0.25, 0.3) is 0 Å². The standard InChI is InChI=1S/C50H42NP4/c1-9-25-42(26-10-1)50(54(45-31-15-4-16-32-45,46-33-17-5-18-34-46)47-35-19-6-20-36-47)52-41-53(43-27-11-2-12-28-43,44-29-13-3-14-30-44)51-55(52,48-37-21-7-22-38-48)49-39-23-8-24-40-49/h1-40H,41H2/q+1. The highest BCUT2D eigenvalue weighted by Crippen LogP contribution is 2.96. The van der Waals surface area contributed by atoms with E-state index in [0.29, 0.717) is 0 Å². The van der Waals surface area contributed by atoms with Crippen LogP contribution < -0.4 is 37.1 Å². The van der Waals surface area contributed by atoms with E-state index >= 15 is 0 Å². The fraction of sp³-hybridized carbons (Fsp3) is 0.0200. The lowest BCUT2D eigenvalue weighted by Gasteiger charge is -2.37. The quantitative estimate of drug-likeness (QED) is 0.129. The molecule has 9 rings (SSSR count).